The van der Waals surface area contributed by atoms with Crippen molar-refractivity contribution >= 4 is 11.9 Å². The Labute approximate surface area is 159 Å². The minimum absolute atomic E-state index is 0.0911. The van der Waals surface area contributed by atoms with Gasteiger partial charge in [0.1, 0.15) is 5.41 Å². The first-order valence-electron chi connectivity index (χ1n) is 9.79. The molecule has 4 rings (SSSR count). The molecule has 2 fully saturated rings. The van der Waals surface area contributed by atoms with Crippen molar-refractivity contribution in [2.45, 2.75) is 38.3 Å². The highest BCUT2D eigenvalue weighted by Crippen LogP contribution is 2.42. The van der Waals surface area contributed by atoms with Crippen molar-refractivity contribution in [3.63, 3.8) is 0 Å². The van der Waals surface area contributed by atoms with Crippen LogP contribution >= 0.6 is 0 Å². The average Bonchev–Trinajstić information content (AvgIpc) is 3.22. The smallest absolute Gasteiger partial charge is 0.313 e. The van der Waals surface area contributed by atoms with E-state index in [9.17, 15) is 9.90 Å². The number of carboxylic acid groups (broad SMARTS) is 1. The number of hydrogen-bond acceptors (Lipinski definition) is 5. The van der Waals surface area contributed by atoms with Crippen LogP contribution in [0.1, 0.15) is 25.7 Å². The first-order chi connectivity index (χ1) is 13.2. The van der Waals surface area contributed by atoms with Crippen LogP contribution in [0.2, 0.25) is 0 Å². The van der Waals surface area contributed by atoms with Gasteiger partial charge in [0.25, 0.3) is 0 Å². The average molecular weight is 369 g/mol. The van der Waals surface area contributed by atoms with E-state index in [4.69, 9.17) is 0 Å². The molecule has 2 aromatic rings. The molecule has 0 aliphatic carbocycles. The van der Waals surface area contributed by atoms with Crippen LogP contribution in [0.5, 0.6) is 0 Å². The summed E-state index contributed by atoms with van der Waals surface area (Å²) in [4.78, 5) is 25.5. The summed E-state index contributed by atoms with van der Waals surface area (Å²) in [6, 6.07) is 5.96. The molecule has 2 saturated heterocycles. The van der Waals surface area contributed by atoms with Gasteiger partial charge in [0.2, 0.25) is 5.95 Å². The van der Waals surface area contributed by atoms with Crippen molar-refractivity contribution in [3.8, 4) is 0 Å². The van der Waals surface area contributed by atoms with Crippen molar-refractivity contribution in [3.05, 3.63) is 43.0 Å². The van der Waals surface area contributed by atoms with Gasteiger partial charge in [-0.25, -0.2) is 9.97 Å². The molecule has 27 heavy (non-hydrogen) atoms. The number of fused-ring (bicyclic) bond motifs is 1. The van der Waals surface area contributed by atoms with Crippen LogP contribution in [-0.2, 0) is 11.3 Å². The van der Waals surface area contributed by atoms with Gasteiger partial charge in [0, 0.05) is 57.0 Å². The van der Waals surface area contributed by atoms with Crippen molar-refractivity contribution in [1.82, 2.24) is 19.4 Å². The Hall–Kier alpha value is -2.41. The Morgan fingerprint density at radius 1 is 1.15 bits per heavy atom. The fourth-order valence-corrected chi connectivity index (χ4v) is 4.80. The van der Waals surface area contributed by atoms with E-state index in [1.165, 1.54) is 0 Å². The van der Waals surface area contributed by atoms with Gasteiger partial charge in [-0.2, -0.15) is 0 Å². The third kappa shape index (κ3) is 3.56. The number of hydrogen-bond donors (Lipinski definition) is 1. The predicted molar refractivity (Wildman–Crippen MR) is 103 cm³/mol. The van der Waals surface area contributed by atoms with Crippen molar-refractivity contribution in [2.24, 2.45) is 5.41 Å². The SMILES string of the molecule is O=C(O)[C@]12CCCN(CCCn3cccc3)[C@@H]1CCN(c1ncccn1)C2. The molecule has 0 spiro atoms. The summed E-state index contributed by atoms with van der Waals surface area (Å²) in [5.74, 6) is -0.0375. The molecule has 7 heteroatoms. The number of carbonyl (C=O) groups is 1. The van der Waals surface area contributed by atoms with Crippen molar-refractivity contribution in [2.75, 3.05) is 31.1 Å². The predicted octanol–water partition coefficient (Wildman–Crippen LogP) is 2.11. The van der Waals surface area contributed by atoms with Crippen LogP contribution in [0, 0.1) is 5.41 Å². The molecule has 0 bridgehead atoms. The molecule has 0 saturated carbocycles. The van der Waals surface area contributed by atoms with Gasteiger partial charge in [0.05, 0.1) is 0 Å². The summed E-state index contributed by atoms with van der Waals surface area (Å²) in [7, 11) is 0. The number of carboxylic acids is 1. The zero-order chi connectivity index (χ0) is 18.7. The van der Waals surface area contributed by atoms with Crippen LogP contribution in [0.3, 0.4) is 0 Å². The summed E-state index contributed by atoms with van der Waals surface area (Å²) in [6.45, 7) is 4.20. The van der Waals surface area contributed by atoms with Gasteiger partial charge in [-0.1, -0.05) is 0 Å². The highest BCUT2D eigenvalue weighted by molar-refractivity contribution is 5.77. The van der Waals surface area contributed by atoms with Gasteiger partial charge in [-0.05, 0) is 50.4 Å². The minimum atomic E-state index is -0.733. The molecule has 2 atom stereocenters. The molecule has 0 amide bonds. The Morgan fingerprint density at radius 2 is 1.93 bits per heavy atom. The van der Waals surface area contributed by atoms with E-state index in [0.29, 0.717) is 12.5 Å². The van der Waals surface area contributed by atoms with E-state index < -0.39 is 11.4 Å². The summed E-state index contributed by atoms with van der Waals surface area (Å²) in [5, 5.41) is 10.2. The number of nitrogens with zero attached hydrogens (tertiary/aromatic N) is 5. The second-order valence-corrected chi connectivity index (χ2v) is 7.65. The maximum Gasteiger partial charge on any atom is 0.313 e. The van der Waals surface area contributed by atoms with E-state index >= 15 is 0 Å². The first kappa shape index (κ1) is 18.0. The number of aromatic nitrogens is 3. The third-order valence-corrected chi connectivity index (χ3v) is 6.08. The lowest BCUT2D eigenvalue weighted by atomic mass is 9.69. The van der Waals surface area contributed by atoms with Gasteiger partial charge in [0.15, 0.2) is 0 Å². The number of anilines is 1. The number of piperidine rings is 2. The number of rotatable bonds is 6. The van der Waals surface area contributed by atoms with Gasteiger partial charge in [-0.3, -0.25) is 9.69 Å². The largest absolute Gasteiger partial charge is 0.481 e. The maximum atomic E-state index is 12.4. The molecule has 144 valence electrons. The molecule has 0 aromatic carbocycles. The Morgan fingerprint density at radius 3 is 2.67 bits per heavy atom. The maximum absolute atomic E-state index is 12.4. The minimum Gasteiger partial charge on any atom is -0.481 e. The number of likely N-dealkylation sites (tertiary alicyclic amines) is 1. The quantitative estimate of drug-likeness (QED) is 0.841. The van der Waals surface area contributed by atoms with Gasteiger partial charge < -0.3 is 14.6 Å². The van der Waals surface area contributed by atoms with Crippen molar-refractivity contribution < 1.29 is 9.90 Å². The standard InChI is InChI=1S/C20H27N5O2/c26-18(27)20-7-3-13-24(14-5-12-23-10-1-2-11-23)17(20)6-15-25(16-20)19-21-8-4-9-22-19/h1-2,4,8-11,17H,3,5-7,12-16H2,(H,26,27)/t17-,20+/m1/s1. The molecule has 0 radical (unpaired) electrons. The van der Waals surface area contributed by atoms with E-state index in [1.54, 1.807) is 18.5 Å². The van der Waals surface area contributed by atoms with Crippen LogP contribution in [0.4, 0.5) is 5.95 Å². The van der Waals surface area contributed by atoms with Gasteiger partial charge >= 0.3 is 5.97 Å². The van der Waals surface area contributed by atoms with Gasteiger partial charge in [-0.15, -0.1) is 0 Å². The van der Waals surface area contributed by atoms with E-state index in [0.717, 1.165) is 51.9 Å². The van der Waals surface area contributed by atoms with Crippen LogP contribution < -0.4 is 4.90 Å². The zero-order valence-electron chi connectivity index (χ0n) is 15.6. The summed E-state index contributed by atoms with van der Waals surface area (Å²) >= 11 is 0. The molecule has 7 nitrogen and oxygen atoms in total. The zero-order valence-corrected chi connectivity index (χ0v) is 15.6. The van der Waals surface area contributed by atoms with Crippen LogP contribution in [0.15, 0.2) is 43.0 Å². The molecule has 2 aromatic heterocycles. The molecule has 2 aliphatic heterocycles. The molecule has 4 heterocycles. The first-order valence-corrected chi connectivity index (χ1v) is 9.79. The lowest BCUT2D eigenvalue weighted by Gasteiger charge is -2.53. The Kier molecular flexibility index (Phi) is 5.11. The summed E-state index contributed by atoms with van der Waals surface area (Å²) < 4.78 is 2.18. The third-order valence-electron chi connectivity index (χ3n) is 6.08. The number of aryl methyl sites for hydroxylation is 1. The lowest BCUT2D eigenvalue weighted by Crippen LogP contribution is -2.64. The topological polar surface area (TPSA) is 74.5 Å². The lowest BCUT2D eigenvalue weighted by molar-refractivity contribution is -0.158. The van der Waals surface area contributed by atoms with E-state index in [-0.39, 0.29) is 6.04 Å². The Bertz CT molecular complexity index is 751. The fourth-order valence-electron chi connectivity index (χ4n) is 4.80. The molecular formula is C20H27N5O2. The highest BCUT2D eigenvalue weighted by atomic mass is 16.4. The monoisotopic (exact) mass is 369 g/mol. The van der Waals surface area contributed by atoms with Crippen LogP contribution in [-0.4, -0.2) is 62.7 Å². The molecule has 2 aliphatic rings. The summed E-state index contributed by atoms with van der Waals surface area (Å²) in [6.07, 6.45) is 11.1. The highest BCUT2D eigenvalue weighted by Gasteiger charge is 2.53. The van der Waals surface area contributed by atoms with E-state index in [2.05, 4.69) is 31.8 Å². The number of aliphatic carboxylic acids is 1. The second kappa shape index (κ2) is 7.68. The Balaban J connectivity index is 1.47. The molecule has 0 unspecified atom stereocenters. The van der Waals surface area contributed by atoms with Crippen molar-refractivity contribution in [1.29, 1.82) is 0 Å². The summed E-state index contributed by atoms with van der Waals surface area (Å²) in [5.41, 5.74) is -0.733. The molecular weight excluding hydrogens is 342 g/mol. The fraction of sp³-hybridized carbons (Fsp3) is 0.550. The van der Waals surface area contributed by atoms with Crippen LogP contribution in [0.25, 0.3) is 0 Å². The van der Waals surface area contributed by atoms with E-state index in [1.807, 2.05) is 17.0 Å². The second-order valence-electron chi connectivity index (χ2n) is 7.65. The molecule has 1 N–H and O–H groups in total. The normalized spacial score (nSPS) is 25.9.